The highest BCUT2D eigenvalue weighted by atomic mass is 19.1. The van der Waals surface area contributed by atoms with Gasteiger partial charge in [0.1, 0.15) is 18.1 Å². The molecule has 0 radical (unpaired) electrons. The van der Waals surface area contributed by atoms with Crippen LogP contribution in [-0.2, 0) is 22.5 Å². The molecule has 0 saturated carbocycles. The van der Waals surface area contributed by atoms with Crippen LogP contribution in [0.2, 0.25) is 0 Å². The molecule has 1 aromatic heterocycles. The lowest BCUT2D eigenvalue weighted by atomic mass is 10.1. The lowest BCUT2D eigenvalue weighted by molar-refractivity contribution is -0.132. The van der Waals surface area contributed by atoms with Crippen molar-refractivity contribution >= 4 is 11.8 Å². The summed E-state index contributed by atoms with van der Waals surface area (Å²) < 4.78 is 35.7. The van der Waals surface area contributed by atoms with Crippen LogP contribution in [0.15, 0.2) is 65.3 Å². The number of rotatable bonds is 14. The van der Waals surface area contributed by atoms with E-state index in [4.69, 9.17) is 18.6 Å². The van der Waals surface area contributed by atoms with Crippen molar-refractivity contribution in [1.82, 2.24) is 14.7 Å². The number of methoxy groups -OCH3 is 2. The molecule has 2 aromatic carbocycles. The average Bonchev–Trinajstić information content (AvgIpc) is 3.52. The van der Waals surface area contributed by atoms with E-state index in [0.29, 0.717) is 56.4 Å². The van der Waals surface area contributed by atoms with Crippen LogP contribution in [0.1, 0.15) is 28.1 Å². The molecule has 1 saturated heterocycles. The number of ether oxygens (including phenoxy) is 3. The predicted octanol–water partition coefficient (Wildman–Crippen LogP) is 3.87. The van der Waals surface area contributed by atoms with Gasteiger partial charge in [0, 0.05) is 38.3 Å². The number of benzene rings is 2. The van der Waals surface area contributed by atoms with E-state index in [1.165, 1.54) is 23.1 Å². The fourth-order valence-electron chi connectivity index (χ4n) is 4.81. The lowest BCUT2D eigenvalue weighted by Gasteiger charge is -2.30. The number of furan rings is 1. The SMILES string of the molecule is COc1ccc(CCN(Cc2ccco2)C(=O)CN(CCCN2CCOCC2)C(=O)c2cccc(F)c2)cc1OC. The molecule has 3 aromatic rings. The normalized spacial score (nSPS) is 13.5. The molecule has 0 spiro atoms. The first-order valence-corrected chi connectivity index (χ1v) is 13.8. The molecule has 1 aliphatic rings. The van der Waals surface area contributed by atoms with Crippen LogP contribution in [0.3, 0.4) is 0 Å². The summed E-state index contributed by atoms with van der Waals surface area (Å²) in [7, 11) is 3.16. The van der Waals surface area contributed by atoms with Crippen molar-refractivity contribution in [3.63, 3.8) is 0 Å². The van der Waals surface area contributed by atoms with Crippen LogP contribution >= 0.6 is 0 Å². The number of morpholine rings is 1. The molecule has 10 heteroatoms. The Labute approximate surface area is 240 Å². The fourth-order valence-corrected chi connectivity index (χ4v) is 4.81. The zero-order valence-corrected chi connectivity index (χ0v) is 23.7. The highest BCUT2D eigenvalue weighted by Crippen LogP contribution is 2.28. The van der Waals surface area contributed by atoms with E-state index in [1.54, 1.807) is 37.5 Å². The van der Waals surface area contributed by atoms with E-state index < -0.39 is 5.82 Å². The summed E-state index contributed by atoms with van der Waals surface area (Å²) in [6.45, 7) is 4.71. The van der Waals surface area contributed by atoms with Gasteiger partial charge in [-0.25, -0.2) is 4.39 Å². The van der Waals surface area contributed by atoms with E-state index >= 15 is 0 Å². The molecule has 0 aliphatic carbocycles. The first-order valence-electron chi connectivity index (χ1n) is 13.8. The number of hydrogen-bond donors (Lipinski definition) is 0. The van der Waals surface area contributed by atoms with E-state index in [-0.39, 0.29) is 30.5 Å². The monoisotopic (exact) mass is 567 g/mol. The molecular formula is C31H38FN3O6. The quantitative estimate of drug-likeness (QED) is 0.292. The van der Waals surface area contributed by atoms with Gasteiger partial charge in [0.2, 0.25) is 5.91 Å². The van der Waals surface area contributed by atoms with Crippen LogP contribution in [0.5, 0.6) is 11.5 Å². The van der Waals surface area contributed by atoms with Gasteiger partial charge in [0.25, 0.3) is 5.91 Å². The second kappa shape index (κ2) is 15.2. The first kappa shape index (κ1) is 30.1. The summed E-state index contributed by atoms with van der Waals surface area (Å²) in [5, 5.41) is 0. The van der Waals surface area contributed by atoms with Gasteiger partial charge < -0.3 is 28.4 Å². The number of hydrogen-bond acceptors (Lipinski definition) is 7. The molecule has 0 unspecified atom stereocenters. The van der Waals surface area contributed by atoms with E-state index in [1.807, 2.05) is 24.3 Å². The zero-order valence-electron chi connectivity index (χ0n) is 23.7. The Morgan fingerprint density at radius 1 is 0.951 bits per heavy atom. The van der Waals surface area contributed by atoms with Crippen molar-refractivity contribution in [3.8, 4) is 11.5 Å². The molecule has 2 amide bonds. The summed E-state index contributed by atoms with van der Waals surface area (Å²) in [4.78, 5) is 32.7. The fraction of sp³-hybridized carbons (Fsp3) is 0.419. The predicted molar refractivity (Wildman–Crippen MR) is 152 cm³/mol. The molecule has 0 bridgehead atoms. The second-order valence-electron chi connectivity index (χ2n) is 9.88. The minimum absolute atomic E-state index is 0.134. The van der Waals surface area contributed by atoms with Gasteiger partial charge in [0.05, 0.1) is 40.2 Å². The third kappa shape index (κ3) is 8.80. The topological polar surface area (TPSA) is 84.7 Å². The van der Waals surface area contributed by atoms with Crippen LogP contribution in [0.25, 0.3) is 0 Å². The third-order valence-corrected chi connectivity index (χ3v) is 7.09. The highest BCUT2D eigenvalue weighted by Gasteiger charge is 2.24. The number of carbonyl (C=O) groups excluding carboxylic acids is 2. The zero-order chi connectivity index (χ0) is 29.0. The standard InChI is InChI=1S/C31H38FN3O6/c1-38-28-10-9-24(20-29(28)39-2)11-14-34(22-27-8-4-17-41-27)30(36)23-35(13-5-12-33-15-18-40-19-16-33)31(37)25-6-3-7-26(32)21-25/h3-4,6-10,17,20-21H,5,11-16,18-19,22-23H2,1-2H3. The van der Waals surface area contributed by atoms with Gasteiger partial charge in [-0.15, -0.1) is 0 Å². The average molecular weight is 568 g/mol. The summed E-state index contributed by atoms with van der Waals surface area (Å²) in [6.07, 6.45) is 2.80. The Kier molecular flexibility index (Phi) is 11.2. The van der Waals surface area contributed by atoms with Gasteiger partial charge in [-0.05, 0) is 60.9 Å². The Hall–Kier alpha value is -3.89. The largest absolute Gasteiger partial charge is 0.493 e. The van der Waals surface area contributed by atoms with Crippen LogP contribution < -0.4 is 9.47 Å². The van der Waals surface area contributed by atoms with Gasteiger partial charge in [-0.3, -0.25) is 14.5 Å². The maximum Gasteiger partial charge on any atom is 0.254 e. The molecule has 9 nitrogen and oxygen atoms in total. The Balaban J connectivity index is 1.48. The van der Waals surface area contributed by atoms with Gasteiger partial charge in [-0.1, -0.05) is 12.1 Å². The minimum atomic E-state index is -0.496. The molecule has 1 aliphatic heterocycles. The van der Waals surface area contributed by atoms with Gasteiger partial charge in [-0.2, -0.15) is 0 Å². The van der Waals surface area contributed by atoms with Crippen LogP contribution in [-0.4, -0.2) is 93.2 Å². The van der Waals surface area contributed by atoms with Crippen molar-refractivity contribution in [2.24, 2.45) is 0 Å². The van der Waals surface area contributed by atoms with E-state index in [9.17, 15) is 14.0 Å². The summed E-state index contributed by atoms with van der Waals surface area (Å²) in [5.41, 5.74) is 1.19. The van der Waals surface area contributed by atoms with E-state index in [2.05, 4.69) is 4.90 Å². The molecule has 0 atom stereocenters. The van der Waals surface area contributed by atoms with Crippen molar-refractivity contribution in [1.29, 1.82) is 0 Å². The van der Waals surface area contributed by atoms with Crippen LogP contribution in [0, 0.1) is 5.82 Å². The number of nitrogens with zero attached hydrogens (tertiary/aromatic N) is 3. The molecule has 1 fully saturated rings. The Bertz CT molecular complexity index is 1260. The summed E-state index contributed by atoms with van der Waals surface area (Å²) in [6, 6.07) is 14.8. The maximum atomic E-state index is 14.0. The minimum Gasteiger partial charge on any atom is -0.493 e. The maximum absolute atomic E-state index is 14.0. The van der Waals surface area contributed by atoms with Crippen molar-refractivity contribution < 1.29 is 32.6 Å². The smallest absolute Gasteiger partial charge is 0.254 e. The molecule has 41 heavy (non-hydrogen) atoms. The molecule has 2 heterocycles. The number of amides is 2. The van der Waals surface area contributed by atoms with Crippen molar-refractivity contribution in [3.05, 3.63) is 83.6 Å². The number of carbonyl (C=O) groups is 2. The first-order chi connectivity index (χ1) is 20.0. The Morgan fingerprint density at radius 2 is 1.76 bits per heavy atom. The number of halogens is 1. The molecule has 0 N–H and O–H groups in total. The second-order valence-corrected chi connectivity index (χ2v) is 9.88. The lowest BCUT2D eigenvalue weighted by Crippen LogP contribution is -2.44. The third-order valence-electron chi connectivity index (χ3n) is 7.09. The summed E-state index contributed by atoms with van der Waals surface area (Å²) >= 11 is 0. The van der Waals surface area contributed by atoms with Gasteiger partial charge >= 0.3 is 0 Å². The van der Waals surface area contributed by atoms with E-state index in [0.717, 1.165) is 25.2 Å². The van der Waals surface area contributed by atoms with Crippen LogP contribution in [0.4, 0.5) is 4.39 Å². The highest BCUT2D eigenvalue weighted by molar-refractivity contribution is 5.96. The van der Waals surface area contributed by atoms with Crippen molar-refractivity contribution in [2.75, 3.05) is 66.7 Å². The van der Waals surface area contributed by atoms with Crippen molar-refractivity contribution in [2.45, 2.75) is 19.4 Å². The molecular weight excluding hydrogens is 529 g/mol. The van der Waals surface area contributed by atoms with Gasteiger partial charge in [0.15, 0.2) is 11.5 Å². The summed E-state index contributed by atoms with van der Waals surface area (Å²) in [5.74, 6) is 0.783. The Morgan fingerprint density at radius 3 is 2.46 bits per heavy atom. The molecule has 220 valence electrons. The molecule has 4 rings (SSSR count).